The molecular formula is C12H22N2. The van der Waals surface area contributed by atoms with E-state index in [4.69, 9.17) is 0 Å². The molecule has 0 unspecified atom stereocenters. The van der Waals surface area contributed by atoms with Crippen LogP contribution in [0, 0.1) is 5.92 Å². The molecule has 2 rings (SSSR count). The van der Waals surface area contributed by atoms with E-state index in [0.717, 1.165) is 12.5 Å². The SMILES string of the molecule is C[C@H]1CC[C@H](C2=CCN(C)CC2)NC1. The molecule has 2 aliphatic heterocycles. The van der Waals surface area contributed by atoms with Gasteiger partial charge in [0.05, 0.1) is 0 Å². The highest BCUT2D eigenvalue weighted by Crippen LogP contribution is 2.22. The fourth-order valence-electron chi connectivity index (χ4n) is 2.42. The van der Waals surface area contributed by atoms with E-state index in [-0.39, 0.29) is 0 Å². The Bertz CT molecular complexity index is 214. The molecule has 0 amide bonds. The van der Waals surface area contributed by atoms with Gasteiger partial charge in [0.15, 0.2) is 0 Å². The number of nitrogens with zero attached hydrogens (tertiary/aromatic N) is 1. The summed E-state index contributed by atoms with van der Waals surface area (Å²) in [6.45, 7) is 5.92. The number of nitrogens with one attached hydrogen (secondary N) is 1. The summed E-state index contributed by atoms with van der Waals surface area (Å²) in [6.07, 6.45) is 6.43. The van der Waals surface area contributed by atoms with E-state index >= 15 is 0 Å². The Labute approximate surface area is 87.4 Å². The van der Waals surface area contributed by atoms with Crippen molar-refractivity contribution in [2.45, 2.75) is 32.2 Å². The van der Waals surface area contributed by atoms with Crippen LogP contribution in [-0.4, -0.2) is 37.6 Å². The molecule has 2 heterocycles. The quantitative estimate of drug-likeness (QED) is 0.638. The molecule has 0 aliphatic carbocycles. The van der Waals surface area contributed by atoms with Gasteiger partial charge >= 0.3 is 0 Å². The number of hydrogen-bond acceptors (Lipinski definition) is 2. The molecule has 0 aromatic carbocycles. The minimum Gasteiger partial charge on any atom is -0.310 e. The van der Waals surface area contributed by atoms with Crippen molar-refractivity contribution in [3.05, 3.63) is 11.6 Å². The second kappa shape index (κ2) is 4.45. The van der Waals surface area contributed by atoms with Crippen LogP contribution in [0.2, 0.25) is 0 Å². The fraction of sp³-hybridized carbons (Fsp3) is 0.833. The highest BCUT2D eigenvalue weighted by molar-refractivity contribution is 5.15. The standard InChI is InChI=1S/C12H22N2/c1-10-3-4-12(13-9-10)11-5-7-14(2)8-6-11/h5,10,12-13H,3-4,6-9H2,1-2H3/t10-,12+/m0/s1. The minimum atomic E-state index is 0.694. The van der Waals surface area contributed by atoms with Crippen molar-refractivity contribution < 1.29 is 0 Å². The average molecular weight is 194 g/mol. The van der Waals surface area contributed by atoms with Gasteiger partial charge < -0.3 is 10.2 Å². The van der Waals surface area contributed by atoms with Crippen LogP contribution in [0.3, 0.4) is 0 Å². The monoisotopic (exact) mass is 194 g/mol. The highest BCUT2D eigenvalue weighted by Gasteiger charge is 2.22. The highest BCUT2D eigenvalue weighted by atomic mass is 15.1. The maximum atomic E-state index is 3.67. The largest absolute Gasteiger partial charge is 0.310 e. The zero-order valence-electron chi connectivity index (χ0n) is 9.42. The summed E-state index contributed by atoms with van der Waals surface area (Å²) in [4.78, 5) is 2.38. The Balaban J connectivity index is 1.89. The van der Waals surface area contributed by atoms with Crippen LogP contribution in [0.15, 0.2) is 11.6 Å². The molecule has 1 saturated heterocycles. The predicted molar refractivity (Wildman–Crippen MR) is 60.4 cm³/mol. The molecule has 2 nitrogen and oxygen atoms in total. The van der Waals surface area contributed by atoms with Gasteiger partial charge in [-0.1, -0.05) is 18.6 Å². The summed E-state index contributed by atoms with van der Waals surface area (Å²) in [5, 5.41) is 3.67. The minimum absolute atomic E-state index is 0.694. The Hall–Kier alpha value is -0.340. The van der Waals surface area contributed by atoms with Crippen LogP contribution in [0.5, 0.6) is 0 Å². The summed E-state index contributed by atoms with van der Waals surface area (Å²) in [6, 6.07) is 0.694. The van der Waals surface area contributed by atoms with Gasteiger partial charge in [-0.25, -0.2) is 0 Å². The van der Waals surface area contributed by atoms with Gasteiger partial charge in [-0.3, -0.25) is 0 Å². The molecule has 2 aliphatic rings. The molecule has 0 saturated carbocycles. The van der Waals surface area contributed by atoms with Gasteiger partial charge in [0.2, 0.25) is 0 Å². The molecule has 0 bridgehead atoms. The first-order valence-corrected chi connectivity index (χ1v) is 5.86. The van der Waals surface area contributed by atoms with Gasteiger partial charge in [-0.15, -0.1) is 0 Å². The Morgan fingerprint density at radius 1 is 1.43 bits per heavy atom. The molecule has 0 spiro atoms. The lowest BCUT2D eigenvalue weighted by Gasteiger charge is -2.33. The first-order valence-electron chi connectivity index (χ1n) is 5.86. The Morgan fingerprint density at radius 2 is 2.29 bits per heavy atom. The smallest absolute Gasteiger partial charge is 0.0280 e. The van der Waals surface area contributed by atoms with Crippen molar-refractivity contribution in [2.75, 3.05) is 26.7 Å². The fourth-order valence-corrected chi connectivity index (χ4v) is 2.42. The van der Waals surface area contributed by atoms with E-state index in [1.54, 1.807) is 5.57 Å². The van der Waals surface area contributed by atoms with Gasteiger partial charge in [-0.05, 0) is 38.8 Å². The van der Waals surface area contributed by atoms with Crippen molar-refractivity contribution in [3.8, 4) is 0 Å². The molecule has 80 valence electrons. The van der Waals surface area contributed by atoms with E-state index in [1.807, 2.05) is 0 Å². The van der Waals surface area contributed by atoms with Crippen molar-refractivity contribution in [3.63, 3.8) is 0 Å². The predicted octanol–water partition coefficient (Wildman–Crippen LogP) is 1.64. The van der Waals surface area contributed by atoms with Crippen molar-refractivity contribution in [1.82, 2.24) is 10.2 Å². The molecule has 1 N–H and O–H groups in total. The number of rotatable bonds is 1. The van der Waals surface area contributed by atoms with Crippen LogP contribution in [0.25, 0.3) is 0 Å². The zero-order valence-corrected chi connectivity index (χ0v) is 9.42. The molecule has 0 radical (unpaired) electrons. The molecule has 0 aromatic heterocycles. The zero-order chi connectivity index (χ0) is 9.97. The lowest BCUT2D eigenvalue weighted by atomic mass is 9.89. The first kappa shape index (κ1) is 10.2. The van der Waals surface area contributed by atoms with Crippen LogP contribution in [0.1, 0.15) is 26.2 Å². The van der Waals surface area contributed by atoms with Crippen LogP contribution < -0.4 is 5.32 Å². The van der Waals surface area contributed by atoms with Crippen molar-refractivity contribution >= 4 is 0 Å². The first-order chi connectivity index (χ1) is 6.75. The summed E-state index contributed by atoms with van der Waals surface area (Å²) in [7, 11) is 2.20. The second-order valence-electron chi connectivity index (χ2n) is 4.93. The third kappa shape index (κ3) is 2.37. The van der Waals surface area contributed by atoms with Crippen molar-refractivity contribution in [2.24, 2.45) is 5.92 Å². The normalized spacial score (nSPS) is 35.4. The Kier molecular flexibility index (Phi) is 3.24. The number of piperidine rings is 1. The van der Waals surface area contributed by atoms with Gasteiger partial charge in [-0.2, -0.15) is 0 Å². The van der Waals surface area contributed by atoms with E-state index in [1.165, 1.54) is 32.4 Å². The third-order valence-corrected chi connectivity index (χ3v) is 3.56. The molecule has 1 fully saturated rings. The summed E-state index contributed by atoms with van der Waals surface area (Å²) in [5.41, 5.74) is 1.66. The van der Waals surface area contributed by atoms with Gasteiger partial charge in [0, 0.05) is 19.1 Å². The summed E-state index contributed by atoms with van der Waals surface area (Å²) in [5.74, 6) is 0.873. The molecule has 0 aromatic rings. The maximum absolute atomic E-state index is 3.67. The number of hydrogen-bond donors (Lipinski definition) is 1. The van der Waals surface area contributed by atoms with E-state index in [9.17, 15) is 0 Å². The summed E-state index contributed by atoms with van der Waals surface area (Å²) >= 11 is 0. The van der Waals surface area contributed by atoms with Crippen LogP contribution >= 0.6 is 0 Å². The maximum Gasteiger partial charge on any atom is 0.0280 e. The third-order valence-electron chi connectivity index (χ3n) is 3.56. The Morgan fingerprint density at radius 3 is 2.86 bits per heavy atom. The van der Waals surface area contributed by atoms with Gasteiger partial charge in [0.1, 0.15) is 0 Å². The number of likely N-dealkylation sites (N-methyl/N-ethyl adjacent to an activating group) is 1. The van der Waals surface area contributed by atoms with Crippen molar-refractivity contribution in [1.29, 1.82) is 0 Å². The molecule has 14 heavy (non-hydrogen) atoms. The van der Waals surface area contributed by atoms with Crippen LogP contribution in [-0.2, 0) is 0 Å². The molecular weight excluding hydrogens is 172 g/mol. The average Bonchev–Trinajstić information content (AvgIpc) is 2.21. The lowest BCUT2D eigenvalue weighted by molar-refractivity contribution is 0.316. The lowest BCUT2D eigenvalue weighted by Crippen LogP contribution is -2.41. The van der Waals surface area contributed by atoms with Crippen LogP contribution in [0.4, 0.5) is 0 Å². The molecule has 2 heteroatoms. The van der Waals surface area contributed by atoms with Gasteiger partial charge in [0.25, 0.3) is 0 Å². The summed E-state index contributed by atoms with van der Waals surface area (Å²) < 4.78 is 0. The topological polar surface area (TPSA) is 15.3 Å². The van der Waals surface area contributed by atoms with E-state index in [2.05, 4.69) is 30.3 Å². The second-order valence-corrected chi connectivity index (χ2v) is 4.93. The van der Waals surface area contributed by atoms with E-state index in [0.29, 0.717) is 6.04 Å². The molecule has 2 atom stereocenters. The van der Waals surface area contributed by atoms with E-state index < -0.39 is 0 Å².